The van der Waals surface area contributed by atoms with Crippen LogP contribution in [0.25, 0.3) is 33.4 Å². The van der Waals surface area contributed by atoms with Crippen LogP contribution >= 0.6 is 0 Å². The van der Waals surface area contributed by atoms with E-state index in [0.29, 0.717) is 0 Å². The molecule has 0 fully saturated rings. The third-order valence-corrected chi connectivity index (χ3v) is 13.6. The van der Waals surface area contributed by atoms with Gasteiger partial charge in [0.2, 0.25) is 0 Å². The summed E-state index contributed by atoms with van der Waals surface area (Å²) in [6.45, 7) is 0. The zero-order chi connectivity index (χ0) is 41.8. The first-order valence-electron chi connectivity index (χ1n) is 21.9. The van der Waals surface area contributed by atoms with Gasteiger partial charge in [0.05, 0.1) is 10.8 Å². The summed E-state index contributed by atoms with van der Waals surface area (Å²) in [5.74, 6) is 0. The largest absolute Gasteiger partial charge is 0.311 e. The highest BCUT2D eigenvalue weighted by Crippen LogP contribution is 2.65. The van der Waals surface area contributed by atoms with E-state index < -0.39 is 10.8 Å². The summed E-state index contributed by atoms with van der Waals surface area (Å²) in [4.78, 5) is 2.30. The number of para-hydroxylation sites is 2. The molecule has 0 heterocycles. The maximum absolute atomic E-state index is 2.45. The van der Waals surface area contributed by atoms with E-state index in [9.17, 15) is 0 Å². The smallest absolute Gasteiger partial charge is 0.0720 e. The van der Waals surface area contributed by atoms with E-state index in [-0.39, 0.29) is 0 Å². The zero-order valence-corrected chi connectivity index (χ0v) is 34.8. The van der Waals surface area contributed by atoms with Crippen LogP contribution < -0.4 is 4.90 Å². The molecule has 1 heteroatoms. The zero-order valence-electron chi connectivity index (χ0n) is 34.8. The van der Waals surface area contributed by atoms with Gasteiger partial charge in [0.15, 0.2) is 0 Å². The Kier molecular flexibility index (Phi) is 8.69. The highest BCUT2D eigenvalue weighted by molar-refractivity contribution is 5.92. The summed E-state index contributed by atoms with van der Waals surface area (Å²) >= 11 is 0. The molecule has 0 N–H and O–H groups in total. The molecule has 2 unspecified atom stereocenters. The number of hydrogen-bond donors (Lipinski definition) is 0. The minimum atomic E-state index is -0.589. The third-order valence-electron chi connectivity index (χ3n) is 13.6. The molecule has 2 aliphatic carbocycles. The lowest BCUT2D eigenvalue weighted by atomic mass is 9.51. The molecule has 0 aromatic heterocycles. The number of fused-ring (bicyclic) bond motifs is 5. The Morgan fingerprint density at radius 1 is 0.238 bits per heavy atom. The minimum Gasteiger partial charge on any atom is -0.311 e. The molecule has 0 amide bonds. The average Bonchev–Trinajstić information content (AvgIpc) is 3.68. The third kappa shape index (κ3) is 5.56. The summed E-state index contributed by atoms with van der Waals surface area (Å²) in [5, 5.41) is 0. The normalized spacial score (nSPS) is 16.7. The van der Waals surface area contributed by atoms with Gasteiger partial charge in [0.1, 0.15) is 0 Å². The van der Waals surface area contributed by atoms with Crippen molar-refractivity contribution in [1.29, 1.82) is 0 Å². The molecule has 2 atom stereocenters. The molecule has 0 aliphatic heterocycles. The van der Waals surface area contributed by atoms with Crippen LogP contribution in [0.15, 0.2) is 261 Å². The average molecular weight is 802 g/mol. The molecule has 296 valence electrons. The lowest BCUT2D eigenvalue weighted by Crippen LogP contribution is -2.44. The second-order valence-electron chi connectivity index (χ2n) is 16.8. The van der Waals surface area contributed by atoms with Crippen LogP contribution in [0.2, 0.25) is 0 Å². The molecule has 0 bridgehead atoms. The van der Waals surface area contributed by atoms with Crippen LogP contribution in [-0.4, -0.2) is 0 Å². The van der Waals surface area contributed by atoms with Gasteiger partial charge in [-0.1, -0.05) is 218 Å². The molecular formula is C62H43N. The monoisotopic (exact) mass is 801 g/mol. The first kappa shape index (κ1) is 36.8. The summed E-state index contributed by atoms with van der Waals surface area (Å²) in [6, 6.07) is 96.3. The second-order valence-corrected chi connectivity index (χ2v) is 16.8. The van der Waals surface area contributed by atoms with Crippen molar-refractivity contribution < 1.29 is 0 Å². The topological polar surface area (TPSA) is 3.24 Å². The number of nitrogens with zero attached hydrogens (tertiary/aromatic N) is 1. The first-order chi connectivity index (χ1) is 31.3. The van der Waals surface area contributed by atoms with Crippen LogP contribution in [-0.2, 0) is 10.8 Å². The molecular weight excluding hydrogens is 759 g/mol. The Balaban J connectivity index is 0.988. The van der Waals surface area contributed by atoms with Crippen molar-refractivity contribution in [1.82, 2.24) is 0 Å². The highest BCUT2D eigenvalue weighted by atomic mass is 15.1. The van der Waals surface area contributed by atoms with E-state index >= 15 is 0 Å². The fourth-order valence-electron chi connectivity index (χ4n) is 11.0. The molecule has 63 heavy (non-hydrogen) atoms. The predicted molar refractivity (Wildman–Crippen MR) is 261 cm³/mol. The van der Waals surface area contributed by atoms with Crippen molar-refractivity contribution >= 4 is 17.1 Å². The fourth-order valence-corrected chi connectivity index (χ4v) is 11.0. The Morgan fingerprint density at radius 3 is 1.24 bits per heavy atom. The van der Waals surface area contributed by atoms with Crippen molar-refractivity contribution in [3.8, 4) is 33.4 Å². The Hall–Kier alpha value is -8.00. The van der Waals surface area contributed by atoms with E-state index in [0.717, 1.165) is 17.1 Å². The molecule has 1 nitrogen and oxygen atoms in total. The maximum Gasteiger partial charge on any atom is 0.0720 e. The van der Waals surface area contributed by atoms with Gasteiger partial charge in [-0.15, -0.1) is 0 Å². The molecule has 0 radical (unpaired) electrons. The molecule has 0 saturated carbocycles. The highest BCUT2D eigenvalue weighted by Gasteiger charge is 2.57. The van der Waals surface area contributed by atoms with Gasteiger partial charge >= 0.3 is 0 Å². The lowest BCUT2D eigenvalue weighted by molar-refractivity contribution is 0.627. The quantitative estimate of drug-likeness (QED) is 0.148. The number of hydrogen-bond acceptors (Lipinski definition) is 1. The number of rotatable bonds is 8. The van der Waals surface area contributed by atoms with Crippen LogP contribution in [0.4, 0.5) is 17.1 Å². The van der Waals surface area contributed by atoms with E-state index in [1.165, 1.54) is 77.9 Å². The molecule has 0 saturated heterocycles. The van der Waals surface area contributed by atoms with Gasteiger partial charge < -0.3 is 4.90 Å². The molecule has 0 spiro atoms. The SMILES string of the molecule is c1ccc(N(c2ccccc2)c2ccc(-c3ccc(-c4cccc(C5(c6ccccc6)c6ccccc6C6(c7ccccc7)c7ccccc7-c7cccc5c76)c4)cc3)cc2)cc1. The predicted octanol–water partition coefficient (Wildman–Crippen LogP) is 15.5. The molecule has 10 aromatic rings. The Bertz CT molecular complexity index is 3210. The van der Waals surface area contributed by atoms with Crippen molar-refractivity contribution in [2.45, 2.75) is 10.8 Å². The Labute approximate surface area is 369 Å². The van der Waals surface area contributed by atoms with E-state index in [1.807, 2.05) is 0 Å². The standard InChI is InChI=1S/C62H43N/c1-5-20-48(21-6-1)61(57-32-15-16-33-58(57)62(49-22-7-2-8-23-49)56-31-14-13-29-54(56)55-30-18-34-59(61)60(55)62)50-24-17-19-47(43-50)46-37-35-44(36-38-46)45-39-41-53(42-40-45)63(51-25-9-3-10-26-51)52-27-11-4-12-28-52/h1-43H. The number of anilines is 3. The van der Waals surface area contributed by atoms with Crippen molar-refractivity contribution in [2.24, 2.45) is 0 Å². The van der Waals surface area contributed by atoms with Crippen molar-refractivity contribution in [2.75, 3.05) is 4.90 Å². The summed E-state index contributed by atoms with van der Waals surface area (Å²) in [7, 11) is 0. The van der Waals surface area contributed by atoms with E-state index in [1.54, 1.807) is 0 Å². The van der Waals surface area contributed by atoms with Crippen LogP contribution in [0, 0.1) is 0 Å². The first-order valence-corrected chi connectivity index (χ1v) is 21.9. The Morgan fingerprint density at radius 2 is 0.635 bits per heavy atom. The van der Waals surface area contributed by atoms with E-state index in [2.05, 4.69) is 266 Å². The fraction of sp³-hybridized carbons (Fsp3) is 0.0323. The van der Waals surface area contributed by atoms with Gasteiger partial charge in [-0.2, -0.15) is 0 Å². The second kappa shape index (κ2) is 14.9. The van der Waals surface area contributed by atoms with Gasteiger partial charge in [-0.3, -0.25) is 0 Å². The van der Waals surface area contributed by atoms with Crippen LogP contribution in [0.1, 0.15) is 44.5 Å². The van der Waals surface area contributed by atoms with Crippen molar-refractivity contribution in [3.63, 3.8) is 0 Å². The molecule has 2 aliphatic rings. The van der Waals surface area contributed by atoms with Gasteiger partial charge in [-0.05, 0) is 120 Å². The minimum absolute atomic E-state index is 0.467. The summed E-state index contributed by atoms with van der Waals surface area (Å²) < 4.78 is 0. The molecule has 10 aromatic carbocycles. The van der Waals surface area contributed by atoms with Crippen molar-refractivity contribution in [3.05, 3.63) is 305 Å². The lowest BCUT2D eigenvalue weighted by Gasteiger charge is -2.49. The van der Waals surface area contributed by atoms with Gasteiger partial charge in [-0.25, -0.2) is 0 Å². The van der Waals surface area contributed by atoms with E-state index in [4.69, 9.17) is 0 Å². The van der Waals surface area contributed by atoms with Gasteiger partial charge in [0.25, 0.3) is 0 Å². The number of benzene rings is 10. The van der Waals surface area contributed by atoms with Gasteiger partial charge in [0, 0.05) is 17.1 Å². The summed E-state index contributed by atoms with van der Waals surface area (Å²) in [5.41, 5.74) is 20.2. The van der Waals surface area contributed by atoms with Crippen LogP contribution in [0.5, 0.6) is 0 Å². The van der Waals surface area contributed by atoms with Crippen LogP contribution in [0.3, 0.4) is 0 Å². The maximum atomic E-state index is 2.45. The molecule has 12 rings (SSSR count). The summed E-state index contributed by atoms with van der Waals surface area (Å²) in [6.07, 6.45) is 0.